The average molecular weight is 432 g/mol. The number of esters is 1. The molecule has 1 aromatic carbocycles. The fourth-order valence-electron chi connectivity index (χ4n) is 2.54. The van der Waals surface area contributed by atoms with Crippen molar-refractivity contribution in [1.29, 1.82) is 0 Å². The summed E-state index contributed by atoms with van der Waals surface area (Å²) in [5.41, 5.74) is 0.969. The summed E-state index contributed by atoms with van der Waals surface area (Å²) >= 11 is 1.12. The number of hydrogen-bond donors (Lipinski definition) is 2. The fourth-order valence-corrected chi connectivity index (χ4v) is 3.51. The Bertz CT molecular complexity index is 976. The Morgan fingerprint density at radius 3 is 2.60 bits per heavy atom. The van der Waals surface area contributed by atoms with Crippen molar-refractivity contribution < 1.29 is 28.6 Å². The summed E-state index contributed by atoms with van der Waals surface area (Å²) in [7, 11) is 0. The molecule has 0 atom stereocenters. The van der Waals surface area contributed by atoms with Crippen LogP contribution >= 0.6 is 11.3 Å². The number of aryl methyl sites for hydroxylation is 1. The number of carbonyl (C=O) groups excluding carboxylic acids is 3. The third-order valence-corrected chi connectivity index (χ3v) is 5.41. The number of nitrogens with one attached hydrogen (secondary N) is 2. The van der Waals surface area contributed by atoms with Gasteiger partial charge in [0.25, 0.3) is 5.91 Å². The number of carbonyl (C=O) groups is 3. The molecule has 8 nitrogen and oxygen atoms in total. The van der Waals surface area contributed by atoms with Crippen LogP contribution in [0, 0.1) is 12.3 Å². The number of rotatable bonds is 6. The summed E-state index contributed by atoms with van der Waals surface area (Å²) < 4.78 is 15.7. The van der Waals surface area contributed by atoms with Crippen LogP contribution in [-0.2, 0) is 20.9 Å². The van der Waals surface area contributed by atoms with Crippen LogP contribution in [0.1, 0.15) is 41.6 Å². The van der Waals surface area contributed by atoms with Gasteiger partial charge < -0.3 is 24.8 Å². The predicted octanol–water partition coefficient (Wildman–Crippen LogP) is 3.24. The highest BCUT2D eigenvalue weighted by molar-refractivity contribution is 7.18. The zero-order valence-electron chi connectivity index (χ0n) is 17.3. The lowest BCUT2D eigenvalue weighted by Gasteiger charge is -2.16. The minimum atomic E-state index is -0.605. The molecular weight excluding hydrogens is 408 g/mol. The molecular formula is C21H24N2O6S. The lowest BCUT2D eigenvalue weighted by Crippen LogP contribution is -2.28. The molecule has 0 saturated carbocycles. The quantitative estimate of drug-likeness (QED) is 0.680. The number of ether oxygens (including phenoxy) is 3. The highest BCUT2D eigenvalue weighted by atomic mass is 32.1. The molecule has 1 aliphatic heterocycles. The number of fused-ring (bicyclic) bond motifs is 1. The molecule has 3 rings (SSSR count). The summed E-state index contributed by atoms with van der Waals surface area (Å²) in [4.78, 5) is 36.8. The van der Waals surface area contributed by atoms with E-state index in [2.05, 4.69) is 10.6 Å². The Labute approximate surface area is 178 Å². The molecule has 0 saturated heterocycles. The van der Waals surface area contributed by atoms with Crippen molar-refractivity contribution in [2.75, 3.05) is 18.7 Å². The van der Waals surface area contributed by atoms with Crippen molar-refractivity contribution in [3.05, 3.63) is 40.3 Å². The number of anilines is 1. The summed E-state index contributed by atoms with van der Waals surface area (Å²) in [5, 5.41) is 6.05. The topological polar surface area (TPSA) is 103 Å². The molecule has 0 spiro atoms. The van der Waals surface area contributed by atoms with E-state index in [9.17, 15) is 14.4 Å². The molecule has 0 aliphatic carbocycles. The van der Waals surface area contributed by atoms with Crippen molar-refractivity contribution >= 4 is 34.1 Å². The van der Waals surface area contributed by atoms with Gasteiger partial charge in [-0.15, -0.1) is 11.3 Å². The fraction of sp³-hybridized carbons (Fsp3) is 0.381. The molecule has 2 N–H and O–H groups in total. The van der Waals surface area contributed by atoms with Gasteiger partial charge in [0.05, 0.1) is 5.00 Å². The maximum Gasteiger partial charge on any atom is 0.349 e. The summed E-state index contributed by atoms with van der Waals surface area (Å²) in [6.07, 6.45) is 0. The molecule has 1 aromatic heterocycles. The third-order valence-electron chi connectivity index (χ3n) is 4.28. The van der Waals surface area contributed by atoms with E-state index < -0.39 is 23.9 Å². The van der Waals surface area contributed by atoms with Crippen LogP contribution in [0.25, 0.3) is 0 Å². The lowest BCUT2D eigenvalue weighted by molar-refractivity contribution is -0.124. The van der Waals surface area contributed by atoms with Crippen molar-refractivity contribution in [2.45, 2.75) is 34.2 Å². The number of amides is 2. The number of thiophene rings is 1. The highest BCUT2D eigenvalue weighted by Crippen LogP contribution is 2.32. The van der Waals surface area contributed by atoms with Crippen LogP contribution in [-0.4, -0.2) is 31.2 Å². The van der Waals surface area contributed by atoms with E-state index in [4.69, 9.17) is 14.2 Å². The second-order valence-corrected chi connectivity index (χ2v) is 8.92. The van der Waals surface area contributed by atoms with Gasteiger partial charge in [0.1, 0.15) is 4.88 Å². The molecule has 2 heterocycles. The van der Waals surface area contributed by atoms with E-state index in [0.29, 0.717) is 26.9 Å². The van der Waals surface area contributed by atoms with Gasteiger partial charge >= 0.3 is 5.97 Å². The van der Waals surface area contributed by atoms with Crippen LogP contribution in [0.2, 0.25) is 0 Å². The SMILES string of the molecule is Cc1cc(NC(=O)C(C)(C)C)sc1C(=O)OCC(=O)NCc1ccc2c(c1)OCO2. The first-order valence-corrected chi connectivity index (χ1v) is 10.2. The molecule has 1 aliphatic rings. The van der Waals surface area contributed by atoms with E-state index in [1.54, 1.807) is 45.9 Å². The molecule has 9 heteroatoms. The van der Waals surface area contributed by atoms with Crippen molar-refractivity contribution in [3.8, 4) is 11.5 Å². The third kappa shape index (κ3) is 5.29. The maximum atomic E-state index is 12.3. The lowest BCUT2D eigenvalue weighted by atomic mass is 9.96. The van der Waals surface area contributed by atoms with Gasteiger partial charge in [-0.25, -0.2) is 4.79 Å². The Hall–Kier alpha value is -3.07. The Balaban J connectivity index is 1.49. The molecule has 0 bridgehead atoms. The van der Waals surface area contributed by atoms with Gasteiger partial charge in [0.15, 0.2) is 18.1 Å². The van der Waals surface area contributed by atoms with Crippen molar-refractivity contribution in [3.63, 3.8) is 0 Å². The second kappa shape index (κ2) is 8.74. The van der Waals surface area contributed by atoms with E-state index in [1.807, 2.05) is 6.07 Å². The largest absolute Gasteiger partial charge is 0.454 e. The molecule has 0 unspecified atom stereocenters. The van der Waals surface area contributed by atoms with E-state index in [-0.39, 0.29) is 19.2 Å². The molecule has 160 valence electrons. The number of benzene rings is 1. The minimum Gasteiger partial charge on any atom is -0.454 e. The van der Waals surface area contributed by atoms with Crippen LogP contribution in [0.3, 0.4) is 0 Å². The molecule has 2 aromatic rings. The standard InChI is InChI=1S/C21H24N2O6S/c1-12-7-17(23-20(26)21(2,3)4)30-18(12)19(25)27-10-16(24)22-9-13-5-6-14-15(8-13)29-11-28-14/h5-8H,9-11H2,1-4H3,(H,22,24)(H,23,26). The predicted molar refractivity (Wildman–Crippen MR) is 112 cm³/mol. The van der Waals surface area contributed by atoms with E-state index in [0.717, 1.165) is 16.9 Å². The Kier molecular flexibility index (Phi) is 6.31. The monoisotopic (exact) mass is 432 g/mol. The zero-order chi connectivity index (χ0) is 21.9. The second-order valence-electron chi connectivity index (χ2n) is 7.87. The van der Waals surface area contributed by atoms with Gasteiger partial charge in [0.2, 0.25) is 12.7 Å². The smallest absolute Gasteiger partial charge is 0.349 e. The first-order valence-electron chi connectivity index (χ1n) is 9.38. The summed E-state index contributed by atoms with van der Waals surface area (Å²) in [5.74, 6) is 0.133. The van der Waals surface area contributed by atoms with Gasteiger partial charge in [-0.05, 0) is 36.2 Å². The van der Waals surface area contributed by atoms with Crippen LogP contribution in [0.4, 0.5) is 5.00 Å². The van der Waals surface area contributed by atoms with E-state index >= 15 is 0 Å². The van der Waals surface area contributed by atoms with Crippen LogP contribution < -0.4 is 20.1 Å². The van der Waals surface area contributed by atoms with Gasteiger partial charge in [-0.3, -0.25) is 9.59 Å². The first kappa shape index (κ1) is 21.6. The molecule has 2 amide bonds. The number of hydrogen-bond acceptors (Lipinski definition) is 7. The minimum absolute atomic E-state index is 0.147. The molecule has 0 radical (unpaired) electrons. The average Bonchev–Trinajstić information content (AvgIpc) is 3.29. The molecule has 30 heavy (non-hydrogen) atoms. The van der Waals surface area contributed by atoms with Crippen molar-refractivity contribution in [1.82, 2.24) is 5.32 Å². The maximum absolute atomic E-state index is 12.3. The zero-order valence-corrected chi connectivity index (χ0v) is 18.1. The Morgan fingerprint density at radius 2 is 1.87 bits per heavy atom. The normalized spacial score (nSPS) is 12.4. The van der Waals surface area contributed by atoms with Crippen LogP contribution in [0.5, 0.6) is 11.5 Å². The van der Waals surface area contributed by atoms with E-state index in [1.165, 1.54) is 0 Å². The van der Waals surface area contributed by atoms with Crippen LogP contribution in [0.15, 0.2) is 24.3 Å². The van der Waals surface area contributed by atoms with Gasteiger partial charge in [-0.2, -0.15) is 0 Å². The van der Waals surface area contributed by atoms with Gasteiger partial charge in [0, 0.05) is 12.0 Å². The highest BCUT2D eigenvalue weighted by Gasteiger charge is 2.23. The van der Waals surface area contributed by atoms with Crippen molar-refractivity contribution in [2.24, 2.45) is 5.41 Å². The Morgan fingerprint density at radius 1 is 1.13 bits per heavy atom. The van der Waals surface area contributed by atoms with Gasteiger partial charge in [-0.1, -0.05) is 26.8 Å². The first-order chi connectivity index (χ1) is 14.1. The summed E-state index contributed by atoms with van der Waals surface area (Å²) in [6, 6.07) is 7.10. The summed E-state index contributed by atoms with van der Waals surface area (Å²) in [6.45, 7) is 7.23. The molecule has 0 fully saturated rings.